The highest BCUT2D eigenvalue weighted by Crippen LogP contribution is 2.51. The van der Waals surface area contributed by atoms with Crippen LogP contribution >= 0.6 is 0 Å². The highest BCUT2D eigenvalue weighted by Gasteiger charge is 2.46. The van der Waals surface area contributed by atoms with Crippen molar-refractivity contribution in [3.05, 3.63) is 64.3 Å². The molecule has 5 nitrogen and oxygen atoms in total. The number of hydrogen-bond donors (Lipinski definition) is 2. The van der Waals surface area contributed by atoms with Crippen LogP contribution in [0.2, 0.25) is 0 Å². The third-order valence-electron chi connectivity index (χ3n) is 5.14. The van der Waals surface area contributed by atoms with E-state index >= 15 is 0 Å². The van der Waals surface area contributed by atoms with E-state index in [1.807, 2.05) is 13.0 Å². The van der Waals surface area contributed by atoms with Crippen LogP contribution in [0, 0.1) is 5.82 Å². The van der Waals surface area contributed by atoms with E-state index in [-0.39, 0.29) is 17.8 Å². The highest BCUT2D eigenvalue weighted by atomic mass is 19.1. The second-order valence-corrected chi connectivity index (χ2v) is 6.67. The molecule has 3 rings (SSSR count). The molecule has 3 unspecified atom stereocenters. The van der Waals surface area contributed by atoms with Crippen molar-refractivity contribution in [2.24, 2.45) is 5.73 Å². The van der Waals surface area contributed by atoms with Crippen LogP contribution in [0.4, 0.5) is 4.39 Å². The Morgan fingerprint density at radius 2 is 2.08 bits per heavy atom. The maximum atomic E-state index is 14.0. The molecule has 2 aromatic rings. The van der Waals surface area contributed by atoms with Crippen molar-refractivity contribution in [3.8, 4) is 0 Å². The minimum atomic E-state index is -0.552. The number of hydrogen-bond acceptors (Lipinski definition) is 4. The first kappa shape index (κ1) is 16.5. The lowest BCUT2D eigenvalue weighted by Crippen LogP contribution is -2.42. The molecule has 1 aromatic heterocycles. The van der Waals surface area contributed by atoms with E-state index < -0.39 is 5.41 Å². The number of nitrogens with zero attached hydrogens (tertiary/aromatic N) is 3. The van der Waals surface area contributed by atoms with Gasteiger partial charge in [-0.1, -0.05) is 41.5 Å². The molecule has 0 radical (unpaired) electrons. The number of rotatable bonds is 3. The number of aromatic amines is 1. The molecule has 1 heterocycles. The molecule has 3 N–H and O–H groups in total. The summed E-state index contributed by atoms with van der Waals surface area (Å²) in [5.41, 5.74) is 9.89. The lowest BCUT2D eigenvalue weighted by Gasteiger charge is -2.44. The first-order valence-electron chi connectivity index (χ1n) is 8.00. The summed E-state index contributed by atoms with van der Waals surface area (Å²) in [5, 5.41) is 14.7. The average molecular weight is 327 g/mol. The largest absolute Gasteiger partial charge is 0.324 e. The second kappa shape index (κ2) is 5.94. The summed E-state index contributed by atoms with van der Waals surface area (Å²) in [6.45, 7) is 8.14. The van der Waals surface area contributed by atoms with Gasteiger partial charge < -0.3 is 5.73 Å². The molecule has 0 bridgehead atoms. The standard InChI is InChI=1S/C18H22FN5/c1-10-8-15(12(3)20)18(4,13-6-5-7-14(19)9-13)16(11(10)2)17-21-23-24-22-17/h5-9,12,16H,20H2,1-4H3,(H,21,22,23,24). The molecule has 1 aliphatic carbocycles. The van der Waals surface area contributed by atoms with Gasteiger partial charge >= 0.3 is 0 Å². The van der Waals surface area contributed by atoms with Crippen LogP contribution in [0.1, 0.15) is 45.0 Å². The van der Waals surface area contributed by atoms with Crippen molar-refractivity contribution in [3.63, 3.8) is 0 Å². The fourth-order valence-electron chi connectivity index (χ4n) is 3.82. The normalized spacial score (nSPS) is 25.6. The smallest absolute Gasteiger partial charge is 0.182 e. The van der Waals surface area contributed by atoms with E-state index in [0.29, 0.717) is 5.82 Å². The molecule has 0 spiro atoms. The Balaban J connectivity index is 2.30. The summed E-state index contributed by atoms with van der Waals surface area (Å²) in [6.07, 6.45) is 2.11. The molecular weight excluding hydrogens is 305 g/mol. The molecule has 0 saturated heterocycles. The van der Waals surface area contributed by atoms with E-state index in [0.717, 1.165) is 22.3 Å². The topological polar surface area (TPSA) is 80.5 Å². The maximum Gasteiger partial charge on any atom is 0.182 e. The minimum absolute atomic E-state index is 0.163. The predicted octanol–water partition coefficient (Wildman–Crippen LogP) is 3.00. The maximum absolute atomic E-state index is 14.0. The Morgan fingerprint density at radius 1 is 1.33 bits per heavy atom. The third kappa shape index (κ3) is 2.47. The summed E-state index contributed by atoms with van der Waals surface area (Å²) in [4.78, 5) is 0. The van der Waals surface area contributed by atoms with E-state index in [2.05, 4.69) is 47.5 Å². The van der Waals surface area contributed by atoms with Gasteiger partial charge in [0.1, 0.15) is 5.82 Å². The molecule has 1 aliphatic rings. The van der Waals surface area contributed by atoms with Gasteiger partial charge in [-0.2, -0.15) is 5.21 Å². The number of nitrogens with two attached hydrogens (primary N) is 1. The lowest BCUT2D eigenvalue weighted by atomic mass is 9.59. The summed E-state index contributed by atoms with van der Waals surface area (Å²) < 4.78 is 14.0. The summed E-state index contributed by atoms with van der Waals surface area (Å²) in [5.74, 6) is 0.155. The van der Waals surface area contributed by atoms with Gasteiger partial charge in [0, 0.05) is 11.5 Å². The summed E-state index contributed by atoms with van der Waals surface area (Å²) in [6, 6.07) is 6.48. The van der Waals surface area contributed by atoms with Gasteiger partial charge in [-0.05, 0) is 44.0 Å². The van der Waals surface area contributed by atoms with Gasteiger partial charge in [-0.25, -0.2) is 4.39 Å². The van der Waals surface area contributed by atoms with Crippen molar-refractivity contribution in [2.45, 2.75) is 45.1 Å². The Bertz CT molecular complexity index is 807. The van der Waals surface area contributed by atoms with Crippen LogP contribution in [0.15, 0.2) is 47.1 Å². The monoisotopic (exact) mass is 327 g/mol. The Morgan fingerprint density at radius 3 is 2.67 bits per heavy atom. The van der Waals surface area contributed by atoms with Gasteiger partial charge in [0.25, 0.3) is 0 Å². The number of tetrazole rings is 1. The van der Waals surface area contributed by atoms with Crippen LogP contribution < -0.4 is 5.73 Å². The molecule has 3 atom stereocenters. The average Bonchev–Trinajstić information content (AvgIpc) is 3.05. The Hall–Kier alpha value is -2.34. The molecule has 126 valence electrons. The van der Waals surface area contributed by atoms with E-state index in [9.17, 15) is 4.39 Å². The lowest BCUT2D eigenvalue weighted by molar-refractivity contribution is 0.428. The zero-order valence-electron chi connectivity index (χ0n) is 14.3. The molecule has 24 heavy (non-hydrogen) atoms. The zero-order valence-corrected chi connectivity index (χ0v) is 14.3. The number of aromatic nitrogens is 4. The molecule has 0 fully saturated rings. The second-order valence-electron chi connectivity index (χ2n) is 6.67. The van der Waals surface area contributed by atoms with Gasteiger partial charge in [-0.15, -0.1) is 10.2 Å². The summed E-state index contributed by atoms with van der Waals surface area (Å²) >= 11 is 0. The Kier molecular flexibility index (Phi) is 4.09. The van der Waals surface area contributed by atoms with Crippen molar-refractivity contribution in [1.29, 1.82) is 0 Å². The molecule has 0 saturated carbocycles. The SMILES string of the molecule is CC1=C(C)C(c2nn[nH]n2)C(C)(c2cccc(F)c2)C(C(C)N)=C1. The number of H-pyrrole nitrogens is 1. The van der Waals surface area contributed by atoms with E-state index in [1.54, 1.807) is 12.1 Å². The van der Waals surface area contributed by atoms with Crippen LogP contribution in [0.25, 0.3) is 0 Å². The van der Waals surface area contributed by atoms with Crippen LogP contribution in [-0.2, 0) is 5.41 Å². The number of allylic oxidation sites excluding steroid dienone is 3. The fourth-order valence-corrected chi connectivity index (χ4v) is 3.82. The minimum Gasteiger partial charge on any atom is -0.324 e. The van der Waals surface area contributed by atoms with E-state index in [1.165, 1.54) is 6.07 Å². The zero-order chi connectivity index (χ0) is 17.5. The highest BCUT2D eigenvalue weighted by molar-refractivity contribution is 5.52. The molecule has 6 heteroatoms. The van der Waals surface area contributed by atoms with Crippen molar-refractivity contribution in [2.75, 3.05) is 0 Å². The summed E-state index contributed by atoms with van der Waals surface area (Å²) in [7, 11) is 0. The van der Waals surface area contributed by atoms with Gasteiger partial charge in [0.15, 0.2) is 5.82 Å². The third-order valence-corrected chi connectivity index (χ3v) is 5.14. The number of halogens is 1. The van der Waals surface area contributed by atoms with Crippen molar-refractivity contribution < 1.29 is 4.39 Å². The fraction of sp³-hybridized carbons (Fsp3) is 0.389. The Labute approximate surface area is 140 Å². The predicted molar refractivity (Wildman–Crippen MR) is 90.8 cm³/mol. The quantitative estimate of drug-likeness (QED) is 0.908. The van der Waals surface area contributed by atoms with E-state index in [4.69, 9.17) is 5.73 Å². The van der Waals surface area contributed by atoms with Crippen molar-refractivity contribution >= 4 is 0 Å². The molecule has 0 aliphatic heterocycles. The first-order valence-corrected chi connectivity index (χ1v) is 8.00. The molecule has 0 amide bonds. The van der Waals surface area contributed by atoms with Gasteiger partial charge in [-0.3, -0.25) is 0 Å². The first-order chi connectivity index (χ1) is 11.4. The molecule has 1 aromatic carbocycles. The van der Waals surface area contributed by atoms with Crippen LogP contribution in [-0.4, -0.2) is 26.7 Å². The van der Waals surface area contributed by atoms with Crippen molar-refractivity contribution in [1.82, 2.24) is 20.6 Å². The van der Waals surface area contributed by atoms with Crippen LogP contribution in [0.3, 0.4) is 0 Å². The number of benzene rings is 1. The number of nitrogens with one attached hydrogen (secondary N) is 1. The van der Waals surface area contributed by atoms with Gasteiger partial charge in [0.2, 0.25) is 0 Å². The molecular formula is C18H22FN5. The van der Waals surface area contributed by atoms with Crippen LogP contribution in [0.5, 0.6) is 0 Å². The van der Waals surface area contributed by atoms with Gasteiger partial charge in [0.05, 0.1) is 5.92 Å².